The normalized spacial score (nSPS) is 17.9. The zero-order valence-electron chi connectivity index (χ0n) is 12.0. The maximum atomic E-state index is 12.2. The van der Waals surface area contributed by atoms with Crippen molar-refractivity contribution in [2.45, 2.75) is 25.5 Å². The van der Waals surface area contributed by atoms with Crippen molar-refractivity contribution in [3.8, 4) is 5.75 Å². The molecule has 0 radical (unpaired) electrons. The Bertz CT molecular complexity index is 692. The number of cyclic esters (lactones) is 1. The number of rotatable bonds is 4. The van der Waals surface area contributed by atoms with E-state index in [0.717, 1.165) is 0 Å². The number of benzene rings is 1. The molecule has 1 heterocycles. The molecule has 9 heteroatoms. The van der Waals surface area contributed by atoms with Gasteiger partial charge < -0.3 is 20.3 Å². The van der Waals surface area contributed by atoms with E-state index >= 15 is 0 Å². The van der Waals surface area contributed by atoms with Crippen molar-refractivity contribution in [3.63, 3.8) is 0 Å². The minimum Gasteiger partial charge on any atom is -0.506 e. The molecule has 0 aliphatic carbocycles. The highest BCUT2D eigenvalue weighted by Gasteiger charge is 2.32. The lowest BCUT2D eigenvalue weighted by atomic mass is 9.95. The number of nitrogens with one attached hydrogen (secondary N) is 1. The van der Waals surface area contributed by atoms with Crippen LogP contribution in [0.15, 0.2) is 6.07 Å². The van der Waals surface area contributed by atoms with Crippen molar-refractivity contribution in [2.75, 3.05) is 5.75 Å². The smallest absolute Gasteiger partial charge is 0.342 e. The van der Waals surface area contributed by atoms with Gasteiger partial charge in [-0.2, -0.15) is 12.6 Å². The van der Waals surface area contributed by atoms with Gasteiger partial charge in [-0.1, -0.05) is 11.6 Å². The van der Waals surface area contributed by atoms with Gasteiger partial charge in [0.15, 0.2) is 0 Å². The number of carbonyl (C=O) groups is 3. The van der Waals surface area contributed by atoms with Crippen LogP contribution in [0, 0.1) is 0 Å². The average molecular weight is 360 g/mol. The number of hydrogen-bond acceptors (Lipinski definition) is 6. The van der Waals surface area contributed by atoms with E-state index in [1.54, 1.807) is 6.92 Å². The maximum Gasteiger partial charge on any atom is 0.342 e. The van der Waals surface area contributed by atoms with Crippen LogP contribution in [-0.2, 0) is 16.0 Å². The van der Waals surface area contributed by atoms with E-state index in [1.807, 2.05) is 0 Å². The predicted octanol–water partition coefficient (Wildman–Crippen LogP) is 1.26. The lowest BCUT2D eigenvalue weighted by molar-refractivity contribution is -0.138. The first kappa shape index (κ1) is 17.4. The molecule has 2 atom stereocenters. The summed E-state index contributed by atoms with van der Waals surface area (Å²) in [6.07, 6.45) is -0.0869. The summed E-state index contributed by atoms with van der Waals surface area (Å²) in [6, 6.07) is -0.0413. The largest absolute Gasteiger partial charge is 0.506 e. The van der Waals surface area contributed by atoms with Gasteiger partial charge in [0.1, 0.15) is 23.5 Å². The third kappa shape index (κ3) is 3.37. The van der Waals surface area contributed by atoms with Gasteiger partial charge in [0.25, 0.3) is 5.91 Å². The molecule has 1 unspecified atom stereocenters. The second kappa shape index (κ2) is 6.67. The Hall–Kier alpha value is -1.93. The Morgan fingerprint density at radius 2 is 2.22 bits per heavy atom. The van der Waals surface area contributed by atoms with Crippen LogP contribution in [0.25, 0.3) is 0 Å². The van der Waals surface area contributed by atoms with E-state index in [4.69, 9.17) is 21.4 Å². The summed E-state index contributed by atoms with van der Waals surface area (Å²) in [5.74, 6) is -3.65. The second-order valence-corrected chi connectivity index (χ2v) is 5.85. The summed E-state index contributed by atoms with van der Waals surface area (Å²) in [5.41, 5.74) is -0.0692. The Kier molecular flexibility index (Phi) is 5.06. The zero-order valence-corrected chi connectivity index (χ0v) is 13.6. The molecule has 3 N–H and O–H groups in total. The highest BCUT2D eigenvalue weighted by atomic mass is 35.5. The van der Waals surface area contributed by atoms with Crippen LogP contribution in [0.3, 0.4) is 0 Å². The highest BCUT2D eigenvalue weighted by molar-refractivity contribution is 7.80. The molecule has 0 saturated heterocycles. The molecular weight excluding hydrogens is 346 g/mol. The van der Waals surface area contributed by atoms with Crippen molar-refractivity contribution in [2.24, 2.45) is 0 Å². The van der Waals surface area contributed by atoms with Crippen LogP contribution in [-0.4, -0.2) is 46.0 Å². The highest BCUT2D eigenvalue weighted by Crippen LogP contribution is 2.36. The first-order valence-corrected chi connectivity index (χ1v) is 7.67. The van der Waals surface area contributed by atoms with Crippen molar-refractivity contribution < 1.29 is 29.3 Å². The molecule has 1 aliphatic rings. The lowest BCUT2D eigenvalue weighted by Gasteiger charge is -2.24. The molecule has 0 saturated carbocycles. The number of ether oxygens (including phenoxy) is 1. The molecule has 0 spiro atoms. The second-order valence-electron chi connectivity index (χ2n) is 5.08. The fourth-order valence-corrected chi connectivity index (χ4v) is 2.79. The number of phenolic OH excluding ortho intramolecular Hbond substituents is 1. The van der Waals surface area contributed by atoms with Gasteiger partial charge in [0, 0.05) is 17.2 Å². The summed E-state index contributed by atoms with van der Waals surface area (Å²) in [7, 11) is 0. The number of aliphatic carboxylic acids is 1. The van der Waals surface area contributed by atoms with E-state index in [2.05, 4.69) is 17.9 Å². The van der Waals surface area contributed by atoms with E-state index in [9.17, 15) is 19.5 Å². The van der Waals surface area contributed by atoms with Crippen LogP contribution in [0.4, 0.5) is 0 Å². The van der Waals surface area contributed by atoms with Gasteiger partial charge in [-0.3, -0.25) is 4.79 Å². The molecule has 23 heavy (non-hydrogen) atoms. The summed E-state index contributed by atoms with van der Waals surface area (Å²) in [6.45, 7) is 1.68. The van der Waals surface area contributed by atoms with E-state index in [-0.39, 0.29) is 21.9 Å². The standard InChI is InChI=1S/C14H14ClNO6S/c1-5-2-6-8(15)3-7(11(17)10(6)14(21)22-5)12(18)16-9(4-23)13(19)20/h3,5,9,17,23H,2,4H2,1H3,(H,16,18)(H,19,20)/t5?,9-/m0/s1. The molecule has 7 nitrogen and oxygen atoms in total. The Labute approximate surface area is 142 Å². The number of carboxylic acids is 1. The van der Waals surface area contributed by atoms with Gasteiger partial charge in [0.05, 0.1) is 5.56 Å². The van der Waals surface area contributed by atoms with Gasteiger partial charge >= 0.3 is 11.9 Å². The third-order valence-corrected chi connectivity index (χ3v) is 4.09. The number of thiol groups is 1. The number of aromatic hydroxyl groups is 1. The number of amides is 1. The van der Waals surface area contributed by atoms with Gasteiger partial charge in [-0.05, 0) is 18.6 Å². The maximum absolute atomic E-state index is 12.2. The SMILES string of the molecule is CC1Cc2c(Cl)cc(C(=O)N[C@@H](CS)C(=O)O)c(O)c2C(=O)O1. The van der Waals surface area contributed by atoms with Gasteiger partial charge in [-0.15, -0.1) is 0 Å². The summed E-state index contributed by atoms with van der Waals surface area (Å²) in [5, 5.41) is 21.5. The van der Waals surface area contributed by atoms with Crippen LogP contribution in [0.1, 0.15) is 33.2 Å². The molecule has 0 bridgehead atoms. The summed E-state index contributed by atoms with van der Waals surface area (Å²) in [4.78, 5) is 35.1. The molecule has 1 aliphatic heterocycles. The summed E-state index contributed by atoms with van der Waals surface area (Å²) >= 11 is 9.93. The van der Waals surface area contributed by atoms with E-state index < -0.39 is 35.7 Å². The van der Waals surface area contributed by atoms with Crippen molar-refractivity contribution >= 4 is 42.1 Å². The monoisotopic (exact) mass is 359 g/mol. The molecule has 1 amide bonds. The predicted molar refractivity (Wildman–Crippen MR) is 84.4 cm³/mol. The topological polar surface area (TPSA) is 113 Å². The fraction of sp³-hybridized carbons (Fsp3) is 0.357. The molecule has 1 aromatic carbocycles. The number of carbonyl (C=O) groups excluding carboxylic acids is 2. The fourth-order valence-electron chi connectivity index (χ4n) is 2.26. The van der Waals surface area contributed by atoms with Crippen LogP contribution in [0.2, 0.25) is 5.02 Å². The van der Waals surface area contributed by atoms with Crippen LogP contribution in [0.5, 0.6) is 5.75 Å². The minimum absolute atomic E-state index is 0.129. The summed E-state index contributed by atoms with van der Waals surface area (Å²) < 4.78 is 5.03. The Balaban J connectivity index is 2.44. The number of fused-ring (bicyclic) bond motifs is 1. The molecule has 0 fully saturated rings. The minimum atomic E-state index is -1.27. The number of phenols is 1. The average Bonchev–Trinajstić information content (AvgIpc) is 2.47. The van der Waals surface area contributed by atoms with Crippen LogP contribution >= 0.6 is 24.2 Å². The van der Waals surface area contributed by atoms with E-state index in [1.165, 1.54) is 6.07 Å². The van der Waals surface area contributed by atoms with Crippen LogP contribution < -0.4 is 5.32 Å². The zero-order chi connectivity index (χ0) is 17.3. The quantitative estimate of drug-likeness (QED) is 0.475. The van der Waals surface area contributed by atoms with Crippen molar-refractivity contribution in [3.05, 3.63) is 27.8 Å². The molecule has 0 aromatic heterocycles. The molecule has 2 rings (SSSR count). The lowest BCUT2D eigenvalue weighted by Crippen LogP contribution is -2.42. The van der Waals surface area contributed by atoms with Gasteiger partial charge in [0.2, 0.25) is 0 Å². The van der Waals surface area contributed by atoms with Crippen molar-refractivity contribution in [1.29, 1.82) is 0 Å². The first-order valence-electron chi connectivity index (χ1n) is 6.66. The molecular formula is C14H14ClNO6S. The van der Waals surface area contributed by atoms with E-state index in [0.29, 0.717) is 12.0 Å². The number of halogens is 1. The van der Waals surface area contributed by atoms with Crippen molar-refractivity contribution in [1.82, 2.24) is 5.32 Å². The number of esters is 1. The molecule has 124 valence electrons. The Morgan fingerprint density at radius 3 is 2.78 bits per heavy atom. The Morgan fingerprint density at radius 1 is 1.57 bits per heavy atom. The number of carboxylic acid groups (broad SMARTS) is 1. The third-order valence-electron chi connectivity index (χ3n) is 3.39. The molecule has 1 aromatic rings. The van der Waals surface area contributed by atoms with Gasteiger partial charge in [-0.25, -0.2) is 9.59 Å². The number of hydrogen-bond donors (Lipinski definition) is 4. The first-order chi connectivity index (χ1) is 10.8.